The van der Waals surface area contributed by atoms with Crippen LogP contribution < -0.4 is 9.64 Å². The third-order valence-corrected chi connectivity index (χ3v) is 10.5. The third kappa shape index (κ3) is 4.23. The Morgan fingerprint density at radius 2 is 2.00 bits per heavy atom. The van der Waals surface area contributed by atoms with Gasteiger partial charge >= 0.3 is 6.01 Å². The van der Waals surface area contributed by atoms with E-state index < -0.39 is 23.3 Å². The molecule has 4 aromatic rings. The van der Waals surface area contributed by atoms with Crippen LogP contribution in [0.25, 0.3) is 32.9 Å². The molecular formula is C33H34F3N5O3. The summed E-state index contributed by atoms with van der Waals surface area (Å²) in [6, 6.07) is 5.82. The number of aryl methyl sites for hydroxylation is 1. The van der Waals surface area contributed by atoms with Crippen LogP contribution in [0, 0.1) is 23.5 Å². The van der Waals surface area contributed by atoms with Crippen molar-refractivity contribution in [3.8, 4) is 23.0 Å². The average molecular weight is 606 g/mol. The summed E-state index contributed by atoms with van der Waals surface area (Å²) in [7, 11) is 0. The molecule has 5 atom stereocenters. The molecule has 1 saturated carbocycles. The maximum atomic E-state index is 16.7. The Bertz CT molecular complexity index is 1810. The second-order valence-corrected chi connectivity index (χ2v) is 13.0. The zero-order chi connectivity index (χ0) is 30.3. The van der Waals surface area contributed by atoms with Gasteiger partial charge in [-0.1, -0.05) is 13.0 Å². The van der Waals surface area contributed by atoms with Crippen molar-refractivity contribution < 1.29 is 28.1 Å². The van der Waals surface area contributed by atoms with E-state index >= 15 is 4.39 Å². The van der Waals surface area contributed by atoms with Gasteiger partial charge < -0.3 is 19.8 Å². The number of aromatic hydroxyl groups is 1. The van der Waals surface area contributed by atoms with Gasteiger partial charge in [-0.15, -0.1) is 0 Å². The summed E-state index contributed by atoms with van der Waals surface area (Å²) in [5.41, 5.74) is 0.165. The lowest BCUT2D eigenvalue weighted by Crippen LogP contribution is -2.43. The van der Waals surface area contributed by atoms with Crippen molar-refractivity contribution in [2.75, 3.05) is 37.7 Å². The van der Waals surface area contributed by atoms with Crippen molar-refractivity contribution in [1.29, 1.82) is 0 Å². The molecule has 44 heavy (non-hydrogen) atoms. The number of halogens is 3. The molecule has 3 aliphatic heterocycles. The van der Waals surface area contributed by atoms with Gasteiger partial charge in [0.2, 0.25) is 0 Å². The molecule has 4 aliphatic rings. The minimum atomic E-state index is -0.917. The molecule has 0 amide bonds. The number of fused-ring (bicyclic) bond motifs is 4. The molecule has 8 rings (SSSR count). The molecule has 0 bridgehead atoms. The fraction of sp³-hybridized carbons (Fsp3) is 0.485. The van der Waals surface area contributed by atoms with Gasteiger partial charge in [-0.25, -0.2) is 13.2 Å². The summed E-state index contributed by atoms with van der Waals surface area (Å²) < 4.78 is 52.3. The number of hydrogen-bond acceptors (Lipinski definition) is 8. The zero-order valence-electron chi connectivity index (χ0n) is 24.4. The van der Waals surface area contributed by atoms with Gasteiger partial charge in [0.15, 0.2) is 5.82 Å². The fourth-order valence-corrected chi connectivity index (χ4v) is 8.24. The Morgan fingerprint density at radius 1 is 1.14 bits per heavy atom. The SMILES string of the molecule is CCc1c(F)ccc2cc(O)cc(-c3ncc4c(N5CC6CC(O)C6C5)nc(OC[C@@]56CCCN5C[C@H](F)C6)nc4c3F)c12. The molecule has 2 N–H and O–H groups in total. The molecule has 2 aromatic carbocycles. The number of nitrogens with zero attached hydrogens (tertiary/aromatic N) is 5. The van der Waals surface area contributed by atoms with Gasteiger partial charge in [0, 0.05) is 43.7 Å². The monoisotopic (exact) mass is 605 g/mol. The van der Waals surface area contributed by atoms with Crippen LogP contribution >= 0.6 is 0 Å². The second kappa shape index (κ2) is 10.2. The molecule has 2 aromatic heterocycles. The van der Waals surface area contributed by atoms with Crippen molar-refractivity contribution in [2.45, 2.75) is 56.8 Å². The van der Waals surface area contributed by atoms with E-state index in [1.807, 2.05) is 11.8 Å². The topological polar surface area (TPSA) is 94.8 Å². The smallest absolute Gasteiger partial charge is 0.319 e. The third-order valence-electron chi connectivity index (χ3n) is 10.5. The average Bonchev–Trinajstić information content (AvgIpc) is 3.65. The van der Waals surface area contributed by atoms with E-state index in [1.165, 1.54) is 24.4 Å². The first kappa shape index (κ1) is 27.8. The number of aliphatic hydroxyl groups is 1. The summed E-state index contributed by atoms with van der Waals surface area (Å²) in [5.74, 6) is -0.328. The maximum absolute atomic E-state index is 16.7. The molecule has 4 fully saturated rings. The van der Waals surface area contributed by atoms with Gasteiger partial charge in [-0.2, -0.15) is 9.97 Å². The van der Waals surface area contributed by atoms with Crippen LogP contribution in [0.2, 0.25) is 0 Å². The Hall–Kier alpha value is -3.70. The molecule has 1 aliphatic carbocycles. The normalized spacial score (nSPS) is 28.1. The fourth-order valence-electron chi connectivity index (χ4n) is 8.24. The molecule has 5 heterocycles. The molecule has 11 heteroatoms. The molecule has 8 nitrogen and oxygen atoms in total. The molecule has 0 spiro atoms. The quantitative estimate of drug-likeness (QED) is 0.311. The van der Waals surface area contributed by atoms with Crippen LogP contribution in [0.1, 0.15) is 38.2 Å². The minimum Gasteiger partial charge on any atom is -0.508 e. The Labute approximate surface area is 252 Å². The lowest BCUT2D eigenvalue weighted by atomic mass is 9.74. The lowest BCUT2D eigenvalue weighted by molar-refractivity contribution is -0.00399. The predicted octanol–water partition coefficient (Wildman–Crippen LogP) is 5.16. The first-order chi connectivity index (χ1) is 21.2. The standard InChI is InChI=1S/C33H34F3N5O3/c1-2-21-25(35)5-4-17-8-20(42)10-22(27(17)21)29-28(36)30-23(12-37-29)31(40-13-18-9-26(43)24(18)15-40)39-32(38-30)44-16-33-6-3-7-41(33)14-19(34)11-33/h4-5,8,10,12,18-19,24,26,42-43H,2-3,6-7,9,11,13-16H2,1H3/t18?,19-,24?,26?,33+/m1/s1. The van der Waals surface area contributed by atoms with E-state index in [4.69, 9.17) is 9.72 Å². The molecule has 3 saturated heterocycles. The van der Waals surface area contributed by atoms with E-state index in [-0.39, 0.29) is 47.2 Å². The van der Waals surface area contributed by atoms with E-state index in [0.717, 1.165) is 19.4 Å². The van der Waals surface area contributed by atoms with E-state index in [0.29, 0.717) is 72.4 Å². The molecule has 230 valence electrons. The van der Waals surface area contributed by atoms with Gasteiger partial charge in [-0.05, 0) is 72.7 Å². The van der Waals surface area contributed by atoms with E-state index in [1.54, 1.807) is 6.07 Å². The van der Waals surface area contributed by atoms with Gasteiger partial charge in [-0.3, -0.25) is 9.88 Å². The summed E-state index contributed by atoms with van der Waals surface area (Å²) in [4.78, 5) is 18.0. The van der Waals surface area contributed by atoms with Crippen molar-refractivity contribution in [3.05, 3.63) is 47.7 Å². The van der Waals surface area contributed by atoms with Crippen molar-refractivity contribution in [2.24, 2.45) is 11.8 Å². The lowest BCUT2D eigenvalue weighted by Gasteiger charge is -2.34. The summed E-state index contributed by atoms with van der Waals surface area (Å²) in [6.07, 6.45) is 3.46. The number of hydrogen-bond donors (Lipinski definition) is 2. The number of anilines is 1. The number of pyridine rings is 1. The molecule has 0 radical (unpaired) electrons. The second-order valence-electron chi connectivity index (χ2n) is 13.0. The highest BCUT2D eigenvalue weighted by Crippen LogP contribution is 2.45. The maximum Gasteiger partial charge on any atom is 0.319 e. The zero-order valence-corrected chi connectivity index (χ0v) is 24.4. The number of alkyl halides is 1. The van der Waals surface area contributed by atoms with Crippen LogP contribution in [0.15, 0.2) is 30.5 Å². The van der Waals surface area contributed by atoms with Crippen molar-refractivity contribution in [1.82, 2.24) is 19.9 Å². The van der Waals surface area contributed by atoms with Gasteiger partial charge in [0.05, 0.1) is 17.0 Å². The number of rotatable bonds is 6. The highest BCUT2D eigenvalue weighted by molar-refractivity contribution is 6.01. The Kier molecular flexibility index (Phi) is 6.43. The van der Waals surface area contributed by atoms with Crippen molar-refractivity contribution in [3.63, 3.8) is 0 Å². The predicted molar refractivity (Wildman–Crippen MR) is 160 cm³/mol. The van der Waals surface area contributed by atoms with E-state index in [2.05, 4.69) is 14.9 Å². The van der Waals surface area contributed by atoms with Crippen LogP contribution in [0.4, 0.5) is 19.0 Å². The number of phenols is 1. The number of aromatic nitrogens is 3. The van der Waals surface area contributed by atoms with Crippen molar-refractivity contribution >= 4 is 27.5 Å². The highest BCUT2D eigenvalue weighted by atomic mass is 19.1. The number of ether oxygens (including phenoxy) is 1. The number of benzene rings is 2. The largest absolute Gasteiger partial charge is 0.508 e. The Morgan fingerprint density at radius 3 is 2.80 bits per heavy atom. The van der Waals surface area contributed by atoms with Crippen LogP contribution in [0.5, 0.6) is 11.8 Å². The first-order valence-electron chi connectivity index (χ1n) is 15.5. The van der Waals surface area contributed by atoms with Crippen LogP contribution in [-0.4, -0.2) is 80.7 Å². The van der Waals surface area contributed by atoms with Gasteiger partial charge in [0.1, 0.15) is 41.4 Å². The summed E-state index contributed by atoms with van der Waals surface area (Å²) >= 11 is 0. The van der Waals surface area contributed by atoms with E-state index in [9.17, 15) is 19.0 Å². The molecule has 3 unspecified atom stereocenters. The number of aliphatic hydroxyl groups excluding tert-OH is 1. The van der Waals surface area contributed by atoms with Gasteiger partial charge in [0.25, 0.3) is 0 Å². The van der Waals surface area contributed by atoms with Crippen LogP contribution in [0.3, 0.4) is 0 Å². The minimum absolute atomic E-state index is 0.00342. The summed E-state index contributed by atoms with van der Waals surface area (Å²) in [6.45, 7) is 4.44. The van der Waals surface area contributed by atoms with Crippen LogP contribution in [-0.2, 0) is 6.42 Å². The number of phenolic OH excluding ortho intramolecular Hbond substituents is 1. The molecular weight excluding hydrogens is 571 g/mol. The highest BCUT2D eigenvalue weighted by Gasteiger charge is 2.50. The Balaban J connectivity index is 1.26. The first-order valence-corrected chi connectivity index (χ1v) is 15.5. The summed E-state index contributed by atoms with van der Waals surface area (Å²) in [5, 5.41) is 22.3.